The summed E-state index contributed by atoms with van der Waals surface area (Å²) < 4.78 is 5.31. The molecule has 168 valence electrons. The number of nitrogens with zero attached hydrogens (tertiary/aromatic N) is 1. The quantitative estimate of drug-likeness (QED) is 0.515. The molecule has 0 fully saturated rings. The van der Waals surface area contributed by atoms with Crippen molar-refractivity contribution in [1.29, 1.82) is 0 Å². The number of rotatable bonds is 11. The molecule has 0 aliphatic heterocycles. The maximum Gasteiger partial charge on any atom is 0.243 e. The predicted molar refractivity (Wildman–Crippen MR) is 129 cm³/mol. The number of halogens is 1. The highest BCUT2D eigenvalue weighted by Gasteiger charge is 2.29. The summed E-state index contributed by atoms with van der Waals surface area (Å²) in [4.78, 5) is 27.7. The number of methoxy groups -OCH3 is 1. The SMILES string of the molecule is CC[C@@H](C(=O)NC(C)C)N(Cc1cccc(OC)c1)C(=O)CSCc1ccccc1Cl. The first-order chi connectivity index (χ1) is 14.8. The molecule has 7 heteroatoms. The number of hydrogen-bond acceptors (Lipinski definition) is 4. The maximum atomic E-state index is 13.2. The van der Waals surface area contributed by atoms with Gasteiger partial charge in [-0.1, -0.05) is 48.9 Å². The molecule has 31 heavy (non-hydrogen) atoms. The monoisotopic (exact) mass is 462 g/mol. The van der Waals surface area contributed by atoms with Gasteiger partial charge in [-0.2, -0.15) is 0 Å². The molecule has 0 aromatic heterocycles. The molecule has 0 bridgehead atoms. The standard InChI is InChI=1S/C24H31ClN2O3S/c1-5-22(24(29)26-17(2)3)27(14-18-9-8-11-20(13-18)30-4)23(28)16-31-15-19-10-6-7-12-21(19)25/h6-13,17,22H,5,14-16H2,1-4H3,(H,26,29)/t22-/m0/s1. The highest BCUT2D eigenvalue weighted by atomic mass is 35.5. The van der Waals surface area contributed by atoms with Gasteiger partial charge in [-0.15, -0.1) is 11.8 Å². The minimum Gasteiger partial charge on any atom is -0.497 e. The van der Waals surface area contributed by atoms with E-state index < -0.39 is 6.04 Å². The fraction of sp³-hybridized carbons (Fsp3) is 0.417. The van der Waals surface area contributed by atoms with E-state index in [0.29, 0.717) is 23.7 Å². The van der Waals surface area contributed by atoms with Gasteiger partial charge in [-0.05, 0) is 49.6 Å². The maximum absolute atomic E-state index is 13.2. The van der Waals surface area contributed by atoms with E-state index in [1.54, 1.807) is 12.0 Å². The summed E-state index contributed by atoms with van der Waals surface area (Å²) in [5, 5.41) is 3.64. The lowest BCUT2D eigenvalue weighted by molar-refractivity contribution is -0.139. The van der Waals surface area contributed by atoms with Gasteiger partial charge in [0.1, 0.15) is 11.8 Å². The van der Waals surface area contributed by atoms with Crippen molar-refractivity contribution in [3.05, 3.63) is 64.7 Å². The van der Waals surface area contributed by atoms with Crippen LogP contribution in [0.2, 0.25) is 5.02 Å². The average Bonchev–Trinajstić information content (AvgIpc) is 2.74. The van der Waals surface area contributed by atoms with Gasteiger partial charge in [-0.25, -0.2) is 0 Å². The van der Waals surface area contributed by atoms with Gasteiger partial charge < -0.3 is 15.0 Å². The molecular weight excluding hydrogens is 432 g/mol. The van der Waals surface area contributed by atoms with Crippen LogP contribution in [0.15, 0.2) is 48.5 Å². The van der Waals surface area contributed by atoms with Gasteiger partial charge in [0.05, 0.1) is 12.9 Å². The lowest BCUT2D eigenvalue weighted by Crippen LogP contribution is -2.50. The van der Waals surface area contributed by atoms with E-state index in [1.807, 2.05) is 69.3 Å². The second-order valence-corrected chi connectivity index (χ2v) is 8.94. The molecule has 0 unspecified atom stereocenters. The number of nitrogens with one attached hydrogen (secondary N) is 1. The lowest BCUT2D eigenvalue weighted by atomic mass is 10.1. The normalized spacial score (nSPS) is 11.8. The van der Waals surface area contributed by atoms with Crippen LogP contribution in [0, 0.1) is 0 Å². The number of amides is 2. The van der Waals surface area contributed by atoms with E-state index >= 15 is 0 Å². The Bertz CT molecular complexity index is 875. The Morgan fingerprint density at radius 1 is 1.16 bits per heavy atom. The Hall–Kier alpha value is -2.18. The summed E-state index contributed by atoms with van der Waals surface area (Å²) >= 11 is 7.72. The molecule has 0 spiro atoms. The molecule has 0 saturated carbocycles. The Morgan fingerprint density at radius 2 is 1.90 bits per heavy atom. The predicted octanol–water partition coefficient (Wildman–Crippen LogP) is 4.91. The molecular formula is C24H31ClN2O3S. The molecule has 2 amide bonds. The van der Waals surface area contributed by atoms with Gasteiger partial charge in [0.15, 0.2) is 0 Å². The van der Waals surface area contributed by atoms with Crippen LogP contribution in [0.4, 0.5) is 0 Å². The first kappa shape index (κ1) is 25.1. The molecule has 0 heterocycles. The fourth-order valence-corrected chi connectivity index (χ4v) is 4.41. The zero-order valence-electron chi connectivity index (χ0n) is 18.6. The van der Waals surface area contributed by atoms with Crippen molar-refractivity contribution in [2.24, 2.45) is 0 Å². The summed E-state index contributed by atoms with van der Waals surface area (Å²) in [6.07, 6.45) is 0.531. The van der Waals surface area contributed by atoms with Crippen molar-refractivity contribution in [1.82, 2.24) is 10.2 Å². The summed E-state index contributed by atoms with van der Waals surface area (Å²) in [5.41, 5.74) is 1.91. The highest BCUT2D eigenvalue weighted by molar-refractivity contribution is 7.99. The van der Waals surface area contributed by atoms with Crippen molar-refractivity contribution >= 4 is 35.2 Å². The third-order valence-electron chi connectivity index (χ3n) is 4.74. The summed E-state index contributed by atoms with van der Waals surface area (Å²) in [5.74, 6) is 1.40. The number of thioether (sulfide) groups is 1. The molecule has 2 aromatic rings. The second-order valence-electron chi connectivity index (χ2n) is 7.54. The zero-order valence-corrected chi connectivity index (χ0v) is 20.1. The fourth-order valence-electron chi connectivity index (χ4n) is 3.21. The largest absolute Gasteiger partial charge is 0.497 e. The minimum atomic E-state index is -0.540. The van der Waals surface area contributed by atoms with Gasteiger partial charge >= 0.3 is 0 Å². The number of carbonyl (C=O) groups excluding carboxylic acids is 2. The number of hydrogen-bond donors (Lipinski definition) is 1. The second kappa shape index (κ2) is 12.6. The van der Waals surface area contributed by atoms with Crippen molar-refractivity contribution in [3.63, 3.8) is 0 Å². The van der Waals surface area contributed by atoms with Crippen LogP contribution in [-0.2, 0) is 21.9 Å². The lowest BCUT2D eigenvalue weighted by Gasteiger charge is -2.31. The van der Waals surface area contributed by atoms with Gasteiger partial charge in [0.2, 0.25) is 11.8 Å². The minimum absolute atomic E-state index is 0.00455. The van der Waals surface area contributed by atoms with E-state index in [4.69, 9.17) is 16.3 Å². The Balaban J connectivity index is 2.17. The van der Waals surface area contributed by atoms with E-state index in [1.165, 1.54) is 11.8 Å². The van der Waals surface area contributed by atoms with Crippen molar-refractivity contribution in [2.75, 3.05) is 12.9 Å². The molecule has 2 aromatic carbocycles. The third-order valence-corrected chi connectivity index (χ3v) is 6.08. The van der Waals surface area contributed by atoms with Crippen molar-refractivity contribution in [2.45, 2.75) is 51.6 Å². The van der Waals surface area contributed by atoms with Crippen LogP contribution in [0.1, 0.15) is 38.3 Å². The smallest absolute Gasteiger partial charge is 0.243 e. The van der Waals surface area contributed by atoms with Gasteiger partial charge in [0.25, 0.3) is 0 Å². The zero-order chi connectivity index (χ0) is 22.8. The Kier molecular flexibility index (Phi) is 10.2. The Labute approximate surface area is 194 Å². The van der Waals surface area contributed by atoms with Crippen LogP contribution < -0.4 is 10.1 Å². The molecule has 0 radical (unpaired) electrons. The Morgan fingerprint density at radius 3 is 2.55 bits per heavy atom. The van der Waals surface area contributed by atoms with Gasteiger partial charge in [0, 0.05) is 23.4 Å². The molecule has 2 rings (SSSR count). The molecule has 5 nitrogen and oxygen atoms in total. The van der Waals surface area contributed by atoms with Crippen molar-refractivity contribution in [3.8, 4) is 5.75 Å². The summed E-state index contributed by atoms with van der Waals surface area (Å²) in [7, 11) is 1.61. The van der Waals surface area contributed by atoms with Gasteiger partial charge in [-0.3, -0.25) is 9.59 Å². The molecule has 0 aliphatic carbocycles. The topological polar surface area (TPSA) is 58.6 Å². The van der Waals surface area contributed by atoms with Crippen molar-refractivity contribution < 1.29 is 14.3 Å². The first-order valence-electron chi connectivity index (χ1n) is 10.4. The third kappa shape index (κ3) is 7.78. The highest BCUT2D eigenvalue weighted by Crippen LogP contribution is 2.22. The molecule has 0 saturated heterocycles. The van der Waals surface area contributed by atoms with E-state index in [-0.39, 0.29) is 23.6 Å². The van der Waals surface area contributed by atoms with E-state index in [9.17, 15) is 9.59 Å². The van der Waals surface area contributed by atoms with E-state index in [2.05, 4.69) is 5.32 Å². The van der Waals surface area contributed by atoms with Crippen LogP contribution >= 0.6 is 23.4 Å². The average molecular weight is 463 g/mol. The number of ether oxygens (including phenoxy) is 1. The van der Waals surface area contributed by atoms with Crippen LogP contribution in [0.25, 0.3) is 0 Å². The van der Waals surface area contributed by atoms with Crippen LogP contribution in [-0.4, -0.2) is 41.7 Å². The molecule has 0 aliphatic rings. The van der Waals surface area contributed by atoms with Crippen LogP contribution in [0.3, 0.4) is 0 Å². The van der Waals surface area contributed by atoms with Crippen LogP contribution in [0.5, 0.6) is 5.75 Å². The molecule has 1 atom stereocenters. The summed E-state index contributed by atoms with van der Waals surface area (Å²) in [6, 6.07) is 14.7. The van der Waals surface area contributed by atoms with E-state index in [0.717, 1.165) is 16.9 Å². The first-order valence-corrected chi connectivity index (χ1v) is 11.9. The summed E-state index contributed by atoms with van der Waals surface area (Å²) in [6.45, 7) is 6.09. The molecule has 1 N–H and O–H groups in total. The number of benzene rings is 2. The number of carbonyl (C=O) groups is 2.